The molecule has 1 aliphatic heterocycles. The van der Waals surface area contributed by atoms with Crippen molar-refractivity contribution in [2.75, 3.05) is 30.9 Å². The quantitative estimate of drug-likeness (QED) is 0.504. The zero-order chi connectivity index (χ0) is 25.1. The third kappa shape index (κ3) is 4.70. The number of methoxy groups -OCH3 is 1. The number of carbonyl (C=O) groups excluding carboxylic acids is 2. The van der Waals surface area contributed by atoms with Gasteiger partial charge >= 0.3 is 6.09 Å². The highest BCUT2D eigenvalue weighted by Crippen LogP contribution is 2.34. The van der Waals surface area contributed by atoms with E-state index in [1.165, 1.54) is 14.0 Å². The molecule has 1 heterocycles. The number of amides is 3. The molecule has 35 heavy (non-hydrogen) atoms. The molecule has 3 aromatic rings. The molecule has 0 bridgehead atoms. The Morgan fingerprint density at radius 1 is 1.17 bits per heavy atom. The predicted molar refractivity (Wildman–Crippen MR) is 134 cm³/mol. The standard InChI is InChI=1S/C26H28N4O5/c1-16(29(2)26(33)34)24(31)28-21-14-27-20-10-6-7-11-22(20)30(25(21)32)15-19-18-9-5-4-8-17(18)12-13-23(19)35-3/h4-13,16,21,27H,14-15H2,1-3H3,(H,28,31)(H,33,34)/t16-,21-/m0/s1. The molecule has 9 nitrogen and oxygen atoms in total. The van der Waals surface area contributed by atoms with Crippen molar-refractivity contribution >= 4 is 40.1 Å². The van der Waals surface area contributed by atoms with E-state index in [-0.39, 0.29) is 19.0 Å². The number of nitrogens with one attached hydrogen (secondary N) is 2. The minimum atomic E-state index is -1.23. The van der Waals surface area contributed by atoms with Crippen molar-refractivity contribution in [1.29, 1.82) is 0 Å². The molecule has 0 unspecified atom stereocenters. The molecule has 3 aromatic carbocycles. The summed E-state index contributed by atoms with van der Waals surface area (Å²) in [7, 11) is 2.91. The van der Waals surface area contributed by atoms with Crippen LogP contribution in [0.3, 0.4) is 0 Å². The van der Waals surface area contributed by atoms with Gasteiger partial charge in [0, 0.05) is 19.2 Å². The van der Waals surface area contributed by atoms with Crippen LogP contribution in [-0.4, -0.2) is 60.7 Å². The summed E-state index contributed by atoms with van der Waals surface area (Å²) in [4.78, 5) is 40.4. The Morgan fingerprint density at radius 3 is 2.63 bits per heavy atom. The van der Waals surface area contributed by atoms with E-state index in [2.05, 4.69) is 10.6 Å². The second kappa shape index (κ2) is 9.92. The van der Waals surface area contributed by atoms with Gasteiger partial charge in [0.2, 0.25) is 5.91 Å². The summed E-state index contributed by atoms with van der Waals surface area (Å²) in [5.41, 5.74) is 2.28. The molecule has 182 valence electrons. The van der Waals surface area contributed by atoms with Gasteiger partial charge in [-0.2, -0.15) is 0 Å². The smallest absolute Gasteiger partial charge is 0.407 e. The first-order valence-corrected chi connectivity index (χ1v) is 11.3. The zero-order valence-electron chi connectivity index (χ0n) is 19.8. The summed E-state index contributed by atoms with van der Waals surface area (Å²) in [5.74, 6) is -0.205. The topological polar surface area (TPSA) is 111 Å². The number of ether oxygens (including phenoxy) is 1. The first-order valence-electron chi connectivity index (χ1n) is 11.3. The lowest BCUT2D eigenvalue weighted by Crippen LogP contribution is -2.55. The van der Waals surface area contributed by atoms with Crippen LogP contribution < -0.4 is 20.3 Å². The Balaban J connectivity index is 1.71. The molecule has 0 saturated carbocycles. The van der Waals surface area contributed by atoms with E-state index >= 15 is 0 Å². The Kier molecular flexibility index (Phi) is 6.77. The second-order valence-corrected chi connectivity index (χ2v) is 8.42. The number of fused-ring (bicyclic) bond motifs is 2. The van der Waals surface area contributed by atoms with Gasteiger partial charge in [0.15, 0.2) is 0 Å². The first kappa shape index (κ1) is 23.9. The zero-order valence-corrected chi connectivity index (χ0v) is 19.8. The summed E-state index contributed by atoms with van der Waals surface area (Å²) >= 11 is 0. The van der Waals surface area contributed by atoms with E-state index in [0.717, 1.165) is 26.9 Å². The van der Waals surface area contributed by atoms with Crippen LogP contribution in [0.1, 0.15) is 12.5 Å². The third-order valence-electron chi connectivity index (χ3n) is 6.37. The normalized spacial score (nSPS) is 16.0. The fourth-order valence-electron chi connectivity index (χ4n) is 4.20. The van der Waals surface area contributed by atoms with Gasteiger partial charge in [-0.1, -0.05) is 42.5 Å². The number of para-hydroxylation sites is 2. The molecule has 1 aliphatic rings. The maximum atomic E-state index is 13.8. The summed E-state index contributed by atoms with van der Waals surface area (Å²) in [5, 5.41) is 17.2. The van der Waals surface area contributed by atoms with Gasteiger partial charge in [-0.25, -0.2) is 4.79 Å². The van der Waals surface area contributed by atoms with Gasteiger partial charge in [0.1, 0.15) is 17.8 Å². The van der Waals surface area contributed by atoms with Gasteiger partial charge in [0.05, 0.1) is 25.0 Å². The van der Waals surface area contributed by atoms with Crippen molar-refractivity contribution in [3.05, 3.63) is 66.2 Å². The van der Waals surface area contributed by atoms with E-state index < -0.39 is 24.1 Å². The molecule has 0 spiro atoms. The number of hydrogen-bond acceptors (Lipinski definition) is 5. The lowest BCUT2D eigenvalue weighted by Gasteiger charge is -2.28. The predicted octanol–water partition coefficient (Wildman–Crippen LogP) is 3.29. The van der Waals surface area contributed by atoms with E-state index in [9.17, 15) is 19.5 Å². The lowest BCUT2D eigenvalue weighted by molar-refractivity contribution is -0.129. The van der Waals surface area contributed by atoms with Crippen molar-refractivity contribution in [1.82, 2.24) is 10.2 Å². The molecule has 9 heteroatoms. The molecule has 0 aliphatic carbocycles. The number of nitrogens with zero attached hydrogens (tertiary/aromatic N) is 2. The van der Waals surface area contributed by atoms with Gasteiger partial charge in [-0.3, -0.25) is 14.5 Å². The summed E-state index contributed by atoms with van der Waals surface area (Å²) in [6.45, 7) is 1.86. The average molecular weight is 477 g/mol. The van der Waals surface area contributed by atoms with Gasteiger partial charge in [-0.15, -0.1) is 0 Å². The molecule has 3 amide bonds. The SMILES string of the molecule is COc1ccc2ccccc2c1CN1C(=O)[C@@H](NC(=O)[C@H](C)N(C)C(=O)O)CNc2ccccc21. The molecular weight excluding hydrogens is 448 g/mol. The molecule has 4 rings (SSSR count). The minimum absolute atomic E-state index is 0.161. The van der Waals surface area contributed by atoms with Crippen LogP contribution in [0.5, 0.6) is 5.75 Å². The number of anilines is 2. The van der Waals surface area contributed by atoms with Crippen LogP contribution in [-0.2, 0) is 16.1 Å². The summed E-state index contributed by atoms with van der Waals surface area (Å²) in [6, 6.07) is 17.3. The minimum Gasteiger partial charge on any atom is -0.496 e. The van der Waals surface area contributed by atoms with E-state index in [0.29, 0.717) is 11.4 Å². The molecular formula is C26H28N4O5. The van der Waals surface area contributed by atoms with Gasteiger partial charge in [-0.05, 0) is 35.9 Å². The molecule has 0 radical (unpaired) electrons. The summed E-state index contributed by atoms with van der Waals surface area (Å²) in [6.07, 6.45) is -1.23. The maximum absolute atomic E-state index is 13.8. The lowest BCUT2D eigenvalue weighted by atomic mass is 10.0. The van der Waals surface area contributed by atoms with Crippen LogP contribution in [0, 0.1) is 0 Å². The Morgan fingerprint density at radius 2 is 1.89 bits per heavy atom. The van der Waals surface area contributed by atoms with E-state index in [1.807, 2.05) is 60.7 Å². The monoisotopic (exact) mass is 476 g/mol. The highest BCUT2D eigenvalue weighted by Gasteiger charge is 2.34. The highest BCUT2D eigenvalue weighted by molar-refractivity contribution is 6.04. The molecule has 0 aromatic heterocycles. The third-order valence-corrected chi connectivity index (χ3v) is 6.37. The number of benzene rings is 3. The largest absolute Gasteiger partial charge is 0.496 e. The molecule has 0 saturated heterocycles. The molecule has 2 atom stereocenters. The highest BCUT2D eigenvalue weighted by atomic mass is 16.5. The van der Waals surface area contributed by atoms with Crippen molar-refractivity contribution < 1.29 is 24.2 Å². The van der Waals surface area contributed by atoms with Crippen LogP contribution in [0.15, 0.2) is 60.7 Å². The number of hydrogen-bond donors (Lipinski definition) is 3. The number of rotatable bonds is 6. The fourth-order valence-corrected chi connectivity index (χ4v) is 4.20. The van der Waals surface area contributed by atoms with Crippen molar-refractivity contribution in [2.45, 2.75) is 25.6 Å². The number of carboxylic acid groups (broad SMARTS) is 1. The van der Waals surface area contributed by atoms with Gasteiger partial charge < -0.3 is 25.4 Å². The Bertz CT molecular complexity index is 1280. The van der Waals surface area contributed by atoms with Crippen LogP contribution in [0.2, 0.25) is 0 Å². The van der Waals surface area contributed by atoms with E-state index in [4.69, 9.17) is 4.74 Å². The van der Waals surface area contributed by atoms with Crippen LogP contribution in [0.4, 0.5) is 16.2 Å². The maximum Gasteiger partial charge on any atom is 0.407 e. The number of likely N-dealkylation sites (N-methyl/N-ethyl adjacent to an activating group) is 1. The van der Waals surface area contributed by atoms with Crippen LogP contribution >= 0.6 is 0 Å². The summed E-state index contributed by atoms with van der Waals surface area (Å²) < 4.78 is 5.64. The second-order valence-electron chi connectivity index (χ2n) is 8.42. The first-order chi connectivity index (χ1) is 16.8. The Hall–Kier alpha value is -4.27. The molecule has 3 N–H and O–H groups in total. The van der Waals surface area contributed by atoms with E-state index in [1.54, 1.807) is 12.0 Å². The Labute approximate surface area is 203 Å². The van der Waals surface area contributed by atoms with Gasteiger partial charge in [0.25, 0.3) is 5.91 Å². The molecule has 0 fully saturated rings. The van der Waals surface area contributed by atoms with Crippen LogP contribution in [0.25, 0.3) is 10.8 Å². The average Bonchev–Trinajstić information content (AvgIpc) is 3.00. The van der Waals surface area contributed by atoms with Crippen molar-refractivity contribution in [3.63, 3.8) is 0 Å². The van der Waals surface area contributed by atoms with Crippen molar-refractivity contribution in [3.8, 4) is 5.75 Å². The fraction of sp³-hybridized carbons (Fsp3) is 0.269. The number of carbonyl (C=O) groups is 3. The van der Waals surface area contributed by atoms with Crippen molar-refractivity contribution in [2.24, 2.45) is 0 Å².